The van der Waals surface area contributed by atoms with Gasteiger partial charge >= 0.3 is 0 Å². The van der Waals surface area contributed by atoms with Gasteiger partial charge in [-0.15, -0.1) is 0 Å². The third kappa shape index (κ3) is 3.47. The molecule has 7 nitrogen and oxygen atoms in total. The van der Waals surface area contributed by atoms with Crippen LogP contribution in [0.3, 0.4) is 0 Å². The summed E-state index contributed by atoms with van der Waals surface area (Å²) in [5.74, 6) is 0.183. The monoisotopic (exact) mass is 462 g/mol. The van der Waals surface area contributed by atoms with Crippen LogP contribution >= 0.6 is 0 Å². The van der Waals surface area contributed by atoms with E-state index in [1.165, 1.54) is 16.8 Å². The van der Waals surface area contributed by atoms with Gasteiger partial charge in [0.25, 0.3) is 5.56 Å². The minimum Gasteiger partial charge on any atom is -0.268 e. The van der Waals surface area contributed by atoms with Gasteiger partial charge in [-0.3, -0.25) is 9.36 Å². The average molecular weight is 462 g/mol. The molecule has 170 valence electrons. The lowest BCUT2D eigenvalue weighted by Crippen LogP contribution is -2.22. The van der Waals surface area contributed by atoms with E-state index in [0.717, 1.165) is 11.3 Å². The molecule has 0 unspecified atom stereocenters. The molecule has 35 heavy (non-hydrogen) atoms. The summed E-state index contributed by atoms with van der Waals surface area (Å²) in [6.45, 7) is 3.78. The van der Waals surface area contributed by atoms with Crippen molar-refractivity contribution < 1.29 is 4.39 Å². The summed E-state index contributed by atoms with van der Waals surface area (Å²) in [6, 6.07) is 21.1. The number of nitrogens with zero attached hydrogens (tertiary/aromatic N) is 6. The number of aromatic nitrogens is 5. The first kappa shape index (κ1) is 20.9. The van der Waals surface area contributed by atoms with E-state index in [2.05, 4.69) is 5.10 Å². The molecule has 0 N–H and O–H groups in total. The van der Waals surface area contributed by atoms with Crippen molar-refractivity contribution >= 4 is 39.4 Å². The van der Waals surface area contributed by atoms with Crippen LogP contribution in [0.15, 0.2) is 82.7 Å². The zero-order valence-electron chi connectivity index (χ0n) is 19.0. The smallest absolute Gasteiger partial charge is 0.268 e. The first-order valence-electron chi connectivity index (χ1n) is 11.1. The van der Waals surface area contributed by atoms with Crippen LogP contribution in [0.5, 0.6) is 0 Å². The average Bonchev–Trinajstić information content (AvgIpc) is 3.15. The van der Waals surface area contributed by atoms with E-state index in [4.69, 9.17) is 15.0 Å². The van der Waals surface area contributed by atoms with E-state index < -0.39 is 0 Å². The van der Waals surface area contributed by atoms with Gasteiger partial charge in [0.05, 0.1) is 22.9 Å². The van der Waals surface area contributed by atoms with Gasteiger partial charge in [0.2, 0.25) is 0 Å². The van der Waals surface area contributed by atoms with E-state index >= 15 is 0 Å². The minimum absolute atomic E-state index is 0.248. The standard InChI is InChI=1S/C27H19FN6O/c1-16-7-13-20(14-8-16)33-17(2)30-25-23(27(33)35)24-26(32-22-6-4-3-5-21(22)31-24)34(25)29-15-18-9-11-19(28)12-10-18/h3-15H,1-2H3/b29-15+. The van der Waals surface area contributed by atoms with Gasteiger partial charge < -0.3 is 0 Å². The number of hydrogen-bond acceptors (Lipinski definition) is 5. The predicted octanol–water partition coefficient (Wildman–Crippen LogP) is 4.92. The van der Waals surface area contributed by atoms with Crippen molar-refractivity contribution in [1.82, 2.24) is 24.2 Å². The Balaban J connectivity index is 1.69. The summed E-state index contributed by atoms with van der Waals surface area (Å²) in [6.07, 6.45) is 1.58. The Bertz CT molecular complexity index is 1830. The van der Waals surface area contributed by atoms with Crippen molar-refractivity contribution in [2.24, 2.45) is 5.10 Å². The van der Waals surface area contributed by atoms with Crippen LogP contribution in [0.2, 0.25) is 0 Å². The normalized spacial score (nSPS) is 11.9. The number of rotatable bonds is 3. The Kier molecular flexibility index (Phi) is 4.74. The summed E-state index contributed by atoms with van der Waals surface area (Å²) in [4.78, 5) is 28.2. The number of hydrogen-bond donors (Lipinski definition) is 0. The lowest BCUT2D eigenvalue weighted by atomic mass is 10.2. The fourth-order valence-electron chi connectivity index (χ4n) is 4.16. The number of para-hydroxylation sites is 2. The molecule has 8 heteroatoms. The molecule has 3 aromatic carbocycles. The first-order chi connectivity index (χ1) is 17.0. The Labute approximate surface area is 198 Å². The minimum atomic E-state index is -0.328. The molecule has 0 saturated heterocycles. The van der Waals surface area contributed by atoms with Gasteiger partial charge in [0.1, 0.15) is 22.5 Å². The zero-order valence-corrected chi connectivity index (χ0v) is 19.0. The molecular weight excluding hydrogens is 443 g/mol. The summed E-state index contributed by atoms with van der Waals surface area (Å²) in [5.41, 5.74) is 4.81. The molecule has 0 aliphatic rings. The molecule has 0 atom stereocenters. The second-order valence-corrected chi connectivity index (χ2v) is 8.33. The van der Waals surface area contributed by atoms with Crippen LogP contribution in [0.1, 0.15) is 17.0 Å². The molecule has 0 amide bonds. The molecule has 6 rings (SSSR count). The Morgan fingerprint density at radius 1 is 0.829 bits per heavy atom. The molecule has 0 radical (unpaired) electrons. The van der Waals surface area contributed by atoms with Crippen LogP contribution in [0.25, 0.3) is 38.9 Å². The summed E-state index contributed by atoms with van der Waals surface area (Å²) in [7, 11) is 0. The summed E-state index contributed by atoms with van der Waals surface area (Å²) >= 11 is 0. The van der Waals surface area contributed by atoms with Gasteiger partial charge in [0.15, 0.2) is 11.3 Å². The van der Waals surface area contributed by atoms with Crippen molar-refractivity contribution in [1.29, 1.82) is 0 Å². The summed E-state index contributed by atoms with van der Waals surface area (Å²) in [5, 5.41) is 4.92. The lowest BCUT2D eigenvalue weighted by Gasteiger charge is -2.10. The molecule has 0 bridgehead atoms. The SMILES string of the molecule is Cc1ccc(-n2c(C)nc3c(c2=O)c2nc4ccccc4nc2n3/N=C/c2ccc(F)cc2)cc1. The van der Waals surface area contributed by atoms with Crippen LogP contribution in [0, 0.1) is 19.7 Å². The molecule has 0 spiro atoms. The molecule has 0 aliphatic carbocycles. The second-order valence-electron chi connectivity index (χ2n) is 8.33. The van der Waals surface area contributed by atoms with Crippen molar-refractivity contribution in [3.8, 4) is 5.69 Å². The third-order valence-corrected chi connectivity index (χ3v) is 5.91. The van der Waals surface area contributed by atoms with Crippen molar-refractivity contribution in [2.75, 3.05) is 0 Å². The Morgan fingerprint density at radius 2 is 1.51 bits per heavy atom. The molecule has 3 aromatic heterocycles. The van der Waals surface area contributed by atoms with Gasteiger partial charge in [-0.2, -0.15) is 9.78 Å². The van der Waals surface area contributed by atoms with Crippen LogP contribution in [-0.2, 0) is 0 Å². The molecular formula is C27H19FN6O. The molecule has 0 fully saturated rings. The van der Waals surface area contributed by atoms with Crippen LogP contribution < -0.4 is 5.56 Å². The maximum Gasteiger partial charge on any atom is 0.269 e. The van der Waals surface area contributed by atoms with Gasteiger partial charge in [-0.1, -0.05) is 42.0 Å². The fourth-order valence-corrected chi connectivity index (χ4v) is 4.16. The number of halogens is 1. The molecule has 6 aromatic rings. The van der Waals surface area contributed by atoms with E-state index in [9.17, 15) is 9.18 Å². The molecule has 0 aliphatic heterocycles. The first-order valence-corrected chi connectivity index (χ1v) is 11.1. The van der Waals surface area contributed by atoms with Crippen molar-refractivity contribution in [2.45, 2.75) is 13.8 Å². The van der Waals surface area contributed by atoms with Gasteiger partial charge in [0, 0.05) is 0 Å². The van der Waals surface area contributed by atoms with E-state index in [-0.39, 0.29) is 11.4 Å². The second kappa shape index (κ2) is 7.95. The summed E-state index contributed by atoms with van der Waals surface area (Å²) < 4.78 is 16.4. The van der Waals surface area contributed by atoms with Gasteiger partial charge in [-0.25, -0.2) is 19.3 Å². The molecule has 0 saturated carbocycles. The van der Waals surface area contributed by atoms with E-state index in [0.29, 0.717) is 44.6 Å². The highest BCUT2D eigenvalue weighted by atomic mass is 19.1. The van der Waals surface area contributed by atoms with Crippen molar-refractivity contribution in [3.05, 3.63) is 106 Å². The highest BCUT2D eigenvalue weighted by Gasteiger charge is 2.21. The zero-order chi connectivity index (χ0) is 24.1. The fraction of sp³-hybridized carbons (Fsp3) is 0.0741. The molecule has 3 heterocycles. The lowest BCUT2D eigenvalue weighted by molar-refractivity contribution is 0.628. The maximum absolute atomic E-state index is 13.9. The van der Waals surface area contributed by atoms with Crippen molar-refractivity contribution in [3.63, 3.8) is 0 Å². The Morgan fingerprint density at radius 3 is 2.23 bits per heavy atom. The van der Waals surface area contributed by atoms with Crippen LogP contribution in [0.4, 0.5) is 4.39 Å². The highest BCUT2D eigenvalue weighted by Crippen LogP contribution is 2.26. The van der Waals surface area contributed by atoms with E-state index in [1.807, 2.05) is 55.5 Å². The Hall–Kier alpha value is -4.72. The maximum atomic E-state index is 13.9. The largest absolute Gasteiger partial charge is 0.269 e. The number of aryl methyl sites for hydroxylation is 2. The quantitative estimate of drug-likeness (QED) is 0.350. The third-order valence-electron chi connectivity index (χ3n) is 5.91. The van der Waals surface area contributed by atoms with E-state index in [1.54, 1.807) is 29.8 Å². The number of benzene rings is 3. The predicted molar refractivity (Wildman–Crippen MR) is 135 cm³/mol. The van der Waals surface area contributed by atoms with Gasteiger partial charge in [-0.05, 0) is 55.8 Å². The van der Waals surface area contributed by atoms with Crippen LogP contribution in [-0.4, -0.2) is 30.4 Å². The number of fused-ring (bicyclic) bond motifs is 4. The highest BCUT2D eigenvalue weighted by molar-refractivity contribution is 6.05. The topological polar surface area (TPSA) is 78.0 Å².